The molecule has 35 heavy (non-hydrogen) atoms. The summed E-state index contributed by atoms with van der Waals surface area (Å²) in [6.45, 7) is 0. The van der Waals surface area contributed by atoms with Gasteiger partial charge in [-0.3, -0.25) is 0 Å². The zero-order valence-electron chi connectivity index (χ0n) is 20.5. The Morgan fingerprint density at radius 2 is 1.69 bits per heavy atom. The first-order valence-electron chi connectivity index (χ1n) is 11.7. The monoisotopic (exact) mass is 513 g/mol. The van der Waals surface area contributed by atoms with Gasteiger partial charge in [-0.2, -0.15) is 0 Å². The largest absolute Gasteiger partial charge is 0.495 e. The van der Waals surface area contributed by atoms with Crippen molar-refractivity contribution in [2.75, 3.05) is 43.8 Å². The molecule has 0 unspecified atom stereocenters. The minimum atomic E-state index is 0.301. The fourth-order valence-corrected chi connectivity index (χ4v) is 5.01. The highest BCUT2D eigenvalue weighted by Gasteiger charge is 2.23. The Labute approximate surface area is 217 Å². The Morgan fingerprint density at radius 3 is 2.37 bits per heavy atom. The molecule has 1 heterocycles. The summed E-state index contributed by atoms with van der Waals surface area (Å²) in [5.41, 5.74) is 2.87. The summed E-state index contributed by atoms with van der Waals surface area (Å²) < 4.78 is 10.7. The summed E-state index contributed by atoms with van der Waals surface area (Å²) in [6, 6.07) is 14.6. The van der Waals surface area contributed by atoms with Crippen LogP contribution in [0.25, 0.3) is 10.9 Å². The van der Waals surface area contributed by atoms with Crippen LogP contribution in [0.3, 0.4) is 0 Å². The van der Waals surface area contributed by atoms with E-state index in [1.807, 2.05) is 6.07 Å². The van der Waals surface area contributed by atoms with Gasteiger partial charge in [0.15, 0.2) is 5.11 Å². The molecular weight excluding hydrogens is 482 g/mol. The van der Waals surface area contributed by atoms with Gasteiger partial charge in [0.2, 0.25) is 0 Å². The molecule has 0 amide bonds. The van der Waals surface area contributed by atoms with Gasteiger partial charge in [-0.05, 0) is 50.0 Å². The first kappa shape index (κ1) is 25.1. The van der Waals surface area contributed by atoms with Gasteiger partial charge in [-0.25, -0.2) is 4.98 Å². The highest BCUT2D eigenvalue weighted by atomic mass is 35.5. The Kier molecular flexibility index (Phi) is 8.03. The highest BCUT2D eigenvalue weighted by molar-refractivity contribution is 7.80. The van der Waals surface area contributed by atoms with Gasteiger partial charge in [0, 0.05) is 49.4 Å². The van der Waals surface area contributed by atoms with E-state index >= 15 is 0 Å². The number of hydrogen-bond acceptors (Lipinski definition) is 6. The van der Waals surface area contributed by atoms with Crippen LogP contribution in [0.4, 0.5) is 17.2 Å². The number of benzene rings is 2. The van der Waals surface area contributed by atoms with Crippen LogP contribution in [0.5, 0.6) is 11.5 Å². The van der Waals surface area contributed by atoms with Crippen LogP contribution in [0.15, 0.2) is 42.5 Å². The lowest BCUT2D eigenvalue weighted by Gasteiger charge is -2.31. The standard InChI is InChI=1S/C26H32ClN5O2S/c1-32(2)22-14-25(30-20-8-6-5-7-18(20)22)28-16-9-11-17(12-10-16)29-26(35)31-21-13-19(27)23(33-3)15-24(21)34-4/h5-8,13-17H,9-12H2,1-4H3,(H,28,30)(H2,29,31,35)/t16-,17+. The van der Waals surface area contributed by atoms with E-state index in [2.05, 4.69) is 59.2 Å². The molecule has 0 bridgehead atoms. The minimum Gasteiger partial charge on any atom is -0.495 e. The van der Waals surface area contributed by atoms with Crippen LogP contribution < -0.4 is 30.3 Å². The van der Waals surface area contributed by atoms with Crippen molar-refractivity contribution in [2.24, 2.45) is 0 Å². The Morgan fingerprint density at radius 1 is 1.00 bits per heavy atom. The molecule has 1 aliphatic rings. The number of rotatable bonds is 7. The molecule has 0 spiro atoms. The zero-order valence-corrected chi connectivity index (χ0v) is 22.1. The van der Waals surface area contributed by atoms with E-state index < -0.39 is 0 Å². The van der Waals surface area contributed by atoms with Crippen LogP contribution in [0, 0.1) is 0 Å². The summed E-state index contributed by atoms with van der Waals surface area (Å²) in [5.74, 6) is 2.09. The fraction of sp³-hybridized carbons (Fsp3) is 0.385. The molecule has 1 saturated carbocycles. The molecule has 0 aliphatic heterocycles. The van der Waals surface area contributed by atoms with Crippen molar-refractivity contribution in [3.63, 3.8) is 0 Å². The second kappa shape index (κ2) is 11.2. The molecule has 0 radical (unpaired) electrons. The molecule has 0 atom stereocenters. The maximum absolute atomic E-state index is 6.28. The van der Waals surface area contributed by atoms with Gasteiger partial charge in [0.25, 0.3) is 0 Å². The third-order valence-electron chi connectivity index (χ3n) is 6.31. The number of halogens is 1. The molecule has 1 aromatic heterocycles. The molecule has 1 aliphatic carbocycles. The van der Waals surface area contributed by atoms with E-state index in [4.69, 9.17) is 38.3 Å². The lowest BCUT2D eigenvalue weighted by atomic mass is 9.91. The molecule has 3 aromatic rings. The Bertz CT molecular complexity index is 1200. The number of hydrogen-bond donors (Lipinski definition) is 3. The Balaban J connectivity index is 1.33. The maximum atomic E-state index is 6.28. The molecule has 4 rings (SSSR count). The number of nitrogens with one attached hydrogen (secondary N) is 3. The number of nitrogens with zero attached hydrogens (tertiary/aromatic N) is 2. The molecule has 1 fully saturated rings. The van der Waals surface area contributed by atoms with Crippen molar-refractivity contribution in [3.8, 4) is 11.5 Å². The molecule has 0 saturated heterocycles. The van der Waals surface area contributed by atoms with Crippen molar-refractivity contribution in [1.82, 2.24) is 10.3 Å². The number of para-hydroxylation sites is 1. The summed E-state index contributed by atoms with van der Waals surface area (Å²) in [6.07, 6.45) is 4.08. The van der Waals surface area contributed by atoms with Crippen molar-refractivity contribution in [2.45, 2.75) is 37.8 Å². The summed E-state index contributed by atoms with van der Waals surface area (Å²) in [7, 11) is 7.30. The number of aromatic nitrogens is 1. The first-order valence-corrected chi connectivity index (χ1v) is 12.5. The molecular formula is C26H32ClN5O2S. The quantitative estimate of drug-likeness (QED) is 0.348. The summed E-state index contributed by atoms with van der Waals surface area (Å²) >= 11 is 11.8. The van der Waals surface area contributed by atoms with E-state index in [1.165, 1.54) is 5.69 Å². The predicted octanol–water partition coefficient (Wildman–Crippen LogP) is 5.68. The van der Waals surface area contributed by atoms with Crippen LogP contribution >= 0.6 is 23.8 Å². The fourth-order valence-electron chi connectivity index (χ4n) is 4.49. The van der Waals surface area contributed by atoms with Gasteiger partial charge in [-0.1, -0.05) is 29.8 Å². The van der Waals surface area contributed by atoms with Crippen LogP contribution in [0.2, 0.25) is 5.02 Å². The van der Waals surface area contributed by atoms with Gasteiger partial charge >= 0.3 is 0 Å². The number of fused-ring (bicyclic) bond motifs is 1. The molecule has 186 valence electrons. The second-order valence-corrected chi connectivity index (χ2v) is 9.73. The van der Waals surface area contributed by atoms with Crippen LogP contribution in [-0.4, -0.2) is 50.5 Å². The van der Waals surface area contributed by atoms with E-state index in [1.54, 1.807) is 26.4 Å². The number of methoxy groups -OCH3 is 2. The average molecular weight is 514 g/mol. The third kappa shape index (κ3) is 6.00. The Hall–Kier alpha value is -2.97. The van der Waals surface area contributed by atoms with E-state index in [0.717, 1.165) is 42.4 Å². The van der Waals surface area contributed by atoms with Crippen molar-refractivity contribution in [1.29, 1.82) is 0 Å². The molecule has 2 aromatic carbocycles. The third-order valence-corrected chi connectivity index (χ3v) is 6.83. The van der Waals surface area contributed by atoms with Crippen LogP contribution in [0.1, 0.15) is 25.7 Å². The normalized spacial score (nSPS) is 17.5. The smallest absolute Gasteiger partial charge is 0.171 e. The maximum Gasteiger partial charge on any atom is 0.171 e. The first-order chi connectivity index (χ1) is 16.9. The zero-order chi connectivity index (χ0) is 24.9. The highest BCUT2D eigenvalue weighted by Crippen LogP contribution is 2.36. The molecule has 3 N–H and O–H groups in total. The van der Waals surface area contributed by atoms with Crippen molar-refractivity contribution < 1.29 is 9.47 Å². The van der Waals surface area contributed by atoms with Crippen molar-refractivity contribution in [3.05, 3.63) is 47.5 Å². The van der Waals surface area contributed by atoms with E-state index in [9.17, 15) is 0 Å². The molecule has 9 heteroatoms. The van der Waals surface area contributed by atoms with Gasteiger partial charge in [0.1, 0.15) is 17.3 Å². The topological polar surface area (TPSA) is 70.7 Å². The van der Waals surface area contributed by atoms with E-state index in [-0.39, 0.29) is 0 Å². The van der Waals surface area contributed by atoms with Gasteiger partial charge in [0.05, 0.1) is 30.4 Å². The number of thiocarbonyl (C=S) groups is 1. The van der Waals surface area contributed by atoms with Crippen molar-refractivity contribution >= 4 is 57.0 Å². The van der Waals surface area contributed by atoms with Gasteiger partial charge < -0.3 is 30.3 Å². The number of pyridine rings is 1. The number of ether oxygens (including phenoxy) is 2. The molecule has 7 nitrogen and oxygen atoms in total. The summed E-state index contributed by atoms with van der Waals surface area (Å²) in [4.78, 5) is 6.98. The SMILES string of the molecule is COc1cc(OC)c(NC(=S)N[C@H]2CC[C@@H](Nc3cc(N(C)C)c4ccccc4n3)CC2)cc1Cl. The van der Waals surface area contributed by atoms with E-state index in [0.29, 0.717) is 39.4 Å². The summed E-state index contributed by atoms with van der Waals surface area (Å²) in [5, 5.41) is 12.5. The predicted molar refractivity (Wildman–Crippen MR) is 150 cm³/mol. The lowest BCUT2D eigenvalue weighted by molar-refractivity contribution is 0.388. The minimum absolute atomic E-state index is 0.301. The lowest BCUT2D eigenvalue weighted by Crippen LogP contribution is -2.42. The van der Waals surface area contributed by atoms with Gasteiger partial charge in [-0.15, -0.1) is 0 Å². The van der Waals surface area contributed by atoms with Crippen LogP contribution in [-0.2, 0) is 0 Å². The number of anilines is 3. The average Bonchev–Trinajstić information content (AvgIpc) is 2.85. The second-order valence-electron chi connectivity index (χ2n) is 8.92.